The van der Waals surface area contributed by atoms with Crippen molar-refractivity contribution < 1.29 is 19.1 Å². The first-order chi connectivity index (χ1) is 14.3. The van der Waals surface area contributed by atoms with Crippen LogP contribution >= 0.6 is 0 Å². The van der Waals surface area contributed by atoms with Gasteiger partial charge in [-0.1, -0.05) is 17.7 Å². The van der Waals surface area contributed by atoms with Crippen molar-refractivity contribution in [3.05, 3.63) is 58.4 Å². The molecule has 7 heteroatoms. The molecule has 1 heterocycles. The minimum atomic E-state index is -1.05. The Kier molecular flexibility index (Phi) is 7.96. The molecule has 1 atom stereocenters. The van der Waals surface area contributed by atoms with Gasteiger partial charge in [0.05, 0.1) is 6.61 Å². The van der Waals surface area contributed by atoms with Gasteiger partial charge in [-0.05, 0) is 57.5 Å². The third-order valence-electron chi connectivity index (χ3n) is 4.74. The maximum Gasteiger partial charge on any atom is 0.349 e. The average molecular weight is 409 g/mol. The lowest BCUT2D eigenvalue weighted by Gasteiger charge is -2.13. The van der Waals surface area contributed by atoms with Crippen LogP contribution in [0.25, 0.3) is 6.08 Å². The highest BCUT2D eigenvalue weighted by molar-refractivity contribution is 6.01. The zero-order valence-electron chi connectivity index (χ0n) is 18.0. The van der Waals surface area contributed by atoms with E-state index in [-0.39, 0.29) is 5.57 Å². The number of anilines is 1. The number of esters is 1. The van der Waals surface area contributed by atoms with Gasteiger partial charge in [0.15, 0.2) is 6.10 Å². The number of hydrogen-bond acceptors (Lipinski definition) is 5. The maximum atomic E-state index is 12.4. The number of aromatic nitrogens is 1. The predicted molar refractivity (Wildman–Crippen MR) is 115 cm³/mol. The summed E-state index contributed by atoms with van der Waals surface area (Å²) in [4.78, 5) is 24.7. The van der Waals surface area contributed by atoms with Gasteiger partial charge in [0.2, 0.25) is 0 Å². The van der Waals surface area contributed by atoms with Crippen LogP contribution in [0.1, 0.15) is 29.4 Å². The van der Waals surface area contributed by atoms with Crippen LogP contribution in [-0.2, 0) is 25.6 Å². The van der Waals surface area contributed by atoms with Crippen molar-refractivity contribution in [3.63, 3.8) is 0 Å². The summed E-state index contributed by atoms with van der Waals surface area (Å²) in [6, 6.07) is 11.0. The van der Waals surface area contributed by atoms with Crippen molar-refractivity contribution in [3.8, 4) is 6.07 Å². The van der Waals surface area contributed by atoms with E-state index < -0.39 is 18.0 Å². The Bertz CT molecular complexity index is 981. The molecule has 1 aromatic carbocycles. The number of nitrogens with one attached hydrogen (secondary N) is 1. The van der Waals surface area contributed by atoms with E-state index >= 15 is 0 Å². The molecule has 1 amide bonds. The Labute approximate surface area is 176 Å². The second-order valence-electron chi connectivity index (χ2n) is 7.04. The number of benzene rings is 1. The molecular formula is C23H27N3O4. The lowest BCUT2D eigenvalue weighted by Crippen LogP contribution is -2.30. The van der Waals surface area contributed by atoms with Crippen LogP contribution in [0.2, 0.25) is 0 Å². The van der Waals surface area contributed by atoms with Gasteiger partial charge in [-0.25, -0.2) is 4.79 Å². The molecule has 0 saturated heterocycles. The highest BCUT2D eigenvalue weighted by Crippen LogP contribution is 2.19. The number of aryl methyl sites for hydroxylation is 2. The Morgan fingerprint density at radius 2 is 1.90 bits per heavy atom. The number of amides is 1. The first-order valence-corrected chi connectivity index (χ1v) is 9.62. The number of rotatable bonds is 8. The summed E-state index contributed by atoms with van der Waals surface area (Å²) >= 11 is 0. The second-order valence-corrected chi connectivity index (χ2v) is 7.04. The summed E-state index contributed by atoms with van der Waals surface area (Å²) in [5, 5.41) is 12.1. The van der Waals surface area contributed by atoms with Gasteiger partial charge in [0.1, 0.15) is 11.6 Å². The zero-order valence-corrected chi connectivity index (χ0v) is 18.0. The Balaban J connectivity index is 2.09. The summed E-state index contributed by atoms with van der Waals surface area (Å²) in [6.07, 6.45) is 0.433. The van der Waals surface area contributed by atoms with E-state index in [1.807, 2.05) is 49.6 Å². The van der Waals surface area contributed by atoms with Gasteiger partial charge in [0, 0.05) is 30.7 Å². The average Bonchev–Trinajstić information content (AvgIpc) is 2.98. The van der Waals surface area contributed by atoms with E-state index in [9.17, 15) is 14.9 Å². The van der Waals surface area contributed by atoms with Gasteiger partial charge in [-0.2, -0.15) is 5.26 Å². The first kappa shape index (κ1) is 22.9. The van der Waals surface area contributed by atoms with E-state index in [1.165, 1.54) is 13.0 Å². The number of hydrogen-bond donors (Lipinski definition) is 1. The fourth-order valence-corrected chi connectivity index (χ4v) is 2.95. The zero-order chi connectivity index (χ0) is 22.3. The molecule has 0 spiro atoms. The van der Waals surface area contributed by atoms with E-state index in [4.69, 9.17) is 9.47 Å². The van der Waals surface area contributed by atoms with Crippen LogP contribution in [0.4, 0.5) is 5.69 Å². The van der Waals surface area contributed by atoms with Crippen LogP contribution < -0.4 is 5.32 Å². The topological polar surface area (TPSA) is 93.3 Å². The smallest absolute Gasteiger partial charge is 0.349 e. The quantitative estimate of drug-likeness (QED) is 0.409. The number of nitriles is 1. The van der Waals surface area contributed by atoms with Crippen LogP contribution in [0.3, 0.4) is 0 Å². The predicted octanol–water partition coefficient (Wildman–Crippen LogP) is 3.54. The van der Waals surface area contributed by atoms with Gasteiger partial charge < -0.3 is 19.4 Å². The molecule has 0 aliphatic heterocycles. The largest absolute Gasteiger partial charge is 0.448 e. The molecule has 0 radical (unpaired) electrons. The Morgan fingerprint density at radius 3 is 2.50 bits per heavy atom. The van der Waals surface area contributed by atoms with E-state index in [0.29, 0.717) is 18.8 Å². The highest BCUT2D eigenvalue weighted by atomic mass is 16.5. The minimum absolute atomic E-state index is 0.169. The number of carbonyl (C=O) groups excluding carboxylic acids is 2. The molecule has 30 heavy (non-hydrogen) atoms. The molecule has 0 bridgehead atoms. The molecule has 0 saturated carbocycles. The third kappa shape index (κ3) is 5.82. The van der Waals surface area contributed by atoms with Gasteiger partial charge in [-0.3, -0.25) is 4.79 Å². The number of nitrogens with zero attached hydrogens (tertiary/aromatic N) is 2. The standard InChI is InChI=1S/C23H27N3O4/c1-15-6-8-21(9-7-15)25-22(27)18(4)30-23(28)20(14-24)13-19-12-16(2)26(17(19)3)10-11-29-5/h6-9,12-13,18H,10-11H2,1-5H3,(H,25,27)/b20-13+/t18-/m1/s1. The lowest BCUT2D eigenvalue weighted by molar-refractivity contribution is -0.148. The number of methoxy groups -OCH3 is 1. The Morgan fingerprint density at radius 1 is 1.23 bits per heavy atom. The van der Waals surface area contributed by atoms with Gasteiger partial charge in [-0.15, -0.1) is 0 Å². The van der Waals surface area contributed by atoms with E-state index in [2.05, 4.69) is 5.32 Å². The SMILES string of the molecule is COCCn1c(C)cc(/C=C(\C#N)C(=O)O[C@H](C)C(=O)Nc2ccc(C)cc2)c1C. The first-order valence-electron chi connectivity index (χ1n) is 9.62. The monoisotopic (exact) mass is 409 g/mol. The summed E-state index contributed by atoms with van der Waals surface area (Å²) in [6.45, 7) is 8.49. The van der Waals surface area contributed by atoms with Crippen LogP contribution in [0.15, 0.2) is 35.9 Å². The van der Waals surface area contributed by atoms with Crippen molar-refractivity contribution in [2.75, 3.05) is 19.0 Å². The van der Waals surface area contributed by atoms with Crippen molar-refractivity contribution in [2.24, 2.45) is 0 Å². The van der Waals surface area contributed by atoms with Crippen molar-refractivity contribution in [1.82, 2.24) is 4.57 Å². The molecular weight excluding hydrogens is 382 g/mol. The number of carbonyl (C=O) groups is 2. The van der Waals surface area contributed by atoms with Crippen LogP contribution in [0.5, 0.6) is 0 Å². The summed E-state index contributed by atoms with van der Waals surface area (Å²) < 4.78 is 12.4. The molecule has 1 N–H and O–H groups in total. The molecule has 1 aromatic heterocycles. The molecule has 0 aliphatic carbocycles. The van der Waals surface area contributed by atoms with E-state index in [1.54, 1.807) is 19.2 Å². The highest BCUT2D eigenvalue weighted by Gasteiger charge is 2.21. The molecule has 158 valence electrons. The fraction of sp³-hybridized carbons (Fsp3) is 0.348. The molecule has 2 rings (SSSR count). The fourth-order valence-electron chi connectivity index (χ4n) is 2.95. The normalized spacial score (nSPS) is 12.2. The summed E-state index contributed by atoms with van der Waals surface area (Å²) in [5.74, 6) is -1.31. The third-order valence-corrected chi connectivity index (χ3v) is 4.74. The van der Waals surface area contributed by atoms with Crippen molar-refractivity contribution in [1.29, 1.82) is 5.26 Å². The number of ether oxygens (including phenoxy) is 2. The summed E-state index contributed by atoms with van der Waals surface area (Å²) in [5.41, 5.74) is 4.15. The van der Waals surface area contributed by atoms with Gasteiger partial charge in [0.25, 0.3) is 5.91 Å². The molecule has 7 nitrogen and oxygen atoms in total. The Hall–Kier alpha value is -3.37. The molecule has 0 aliphatic rings. The molecule has 2 aromatic rings. The minimum Gasteiger partial charge on any atom is -0.448 e. The second kappa shape index (κ2) is 10.4. The maximum absolute atomic E-state index is 12.4. The van der Waals surface area contributed by atoms with Crippen LogP contribution in [0, 0.1) is 32.1 Å². The van der Waals surface area contributed by atoms with Crippen molar-refractivity contribution in [2.45, 2.75) is 40.3 Å². The summed E-state index contributed by atoms with van der Waals surface area (Å²) in [7, 11) is 1.63. The lowest BCUT2D eigenvalue weighted by atomic mass is 10.1. The van der Waals surface area contributed by atoms with Crippen molar-refractivity contribution >= 4 is 23.6 Å². The molecule has 0 fully saturated rings. The van der Waals surface area contributed by atoms with Gasteiger partial charge >= 0.3 is 5.97 Å². The van der Waals surface area contributed by atoms with Crippen LogP contribution in [-0.4, -0.2) is 36.3 Å². The van der Waals surface area contributed by atoms with E-state index in [0.717, 1.165) is 22.5 Å². The molecule has 0 unspecified atom stereocenters.